The molecule has 0 radical (unpaired) electrons. The first-order chi connectivity index (χ1) is 21.0. The lowest BCUT2D eigenvalue weighted by atomic mass is 9.86. The molecule has 9 rings (SSSR count). The van der Waals surface area contributed by atoms with Crippen LogP contribution in [0.5, 0.6) is 51.7 Å². The molecular formula is C35H30N2O6. The number of pyridine rings is 1. The average molecular weight is 575 g/mol. The van der Waals surface area contributed by atoms with Crippen LogP contribution in [0.4, 0.5) is 0 Å². The van der Waals surface area contributed by atoms with E-state index in [4.69, 9.17) is 28.7 Å². The molecule has 1 atom stereocenters. The molecule has 216 valence electrons. The summed E-state index contributed by atoms with van der Waals surface area (Å²) >= 11 is 0. The molecule has 4 aliphatic rings. The van der Waals surface area contributed by atoms with Gasteiger partial charge in [0.2, 0.25) is 11.5 Å². The van der Waals surface area contributed by atoms with Crippen LogP contribution in [0.15, 0.2) is 66.9 Å². The number of fused-ring (bicyclic) bond motifs is 2. The molecule has 5 heterocycles. The summed E-state index contributed by atoms with van der Waals surface area (Å²) in [4.78, 5) is 7.06. The maximum absolute atomic E-state index is 11.4. The first-order valence-electron chi connectivity index (χ1n) is 14.4. The lowest BCUT2D eigenvalue weighted by Crippen LogP contribution is -2.34. The van der Waals surface area contributed by atoms with Gasteiger partial charge in [-0.2, -0.15) is 0 Å². The van der Waals surface area contributed by atoms with Crippen molar-refractivity contribution in [3.8, 4) is 51.7 Å². The van der Waals surface area contributed by atoms with E-state index in [1.165, 1.54) is 0 Å². The van der Waals surface area contributed by atoms with Crippen LogP contribution in [0.1, 0.15) is 34.0 Å². The number of benzene rings is 4. The third kappa shape index (κ3) is 4.12. The van der Waals surface area contributed by atoms with Crippen molar-refractivity contribution in [1.82, 2.24) is 9.88 Å². The van der Waals surface area contributed by atoms with Gasteiger partial charge in [0.25, 0.3) is 0 Å². The van der Waals surface area contributed by atoms with E-state index >= 15 is 0 Å². The van der Waals surface area contributed by atoms with Gasteiger partial charge < -0.3 is 28.8 Å². The Kier molecular flexibility index (Phi) is 5.87. The van der Waals surface area contributed by atoms with Crippen LogP contribution in [0.3, 0.4) is 0 Å². The Morgan fingerprint density at radius 1 is 0.860 bits per heavy atom. The molecule has 8 heteroatoms. The van der Waals surface area contributed by atoms with Crippen LogP contribution in [0.2, 0.25) is 0 Å². The van der Waals surface area contributed by atoms with Gasteiger partial charge in [0.1, 0.15) is 5.75 Å². The van der Waals surface area contributed by atoms with E-state index in [-0.39, 0.29) is 17.5 Å². The van der Waals surface area contributed by atoms with Crippen LogP contribution >= 0.6 is 0 Å². The Hall–Kier alpha value is -4.95. The molecule has 7 bridgehead atoms. The van der Waals surface area contributed by atoms with E-state index in [2.05, 4.69) is 24.1 Å². The summed E-state index contributed by atoms with van der Waals surface area (Å²) < 4.78 is 30.9. The summed E-state index contributed by atoms with van der Waals surface area (Å²) in [6.07, 6.45) is 3.74. The van der Waals surface area contributed by atoms with E-state index in [1.807, 2.05) is 48.5 Å². The third-order valence-corrected chi connectivity index (χ3v) is 8.78. The van der Waals surface area contributed by atoms with E-state index < -0.39 is 0 Å². The third-order valence-electron chi connectivity index (χ3n) is 8.78. The second-order valence-corrected chi connectivity index (χ2v) is 11.3. The van der Waals surface area contributed by atoms with Gasteiger partial charge >= 0.3 is 0 Å². The second-order valence-electron chi connectivity index (χ2n) is 11.3. The molecule has 8 nitrogen and oxygen atoms in total. The van der Waals surface area contributed by atoms with Gasteiger partial charge in [-0.05, 0) is 78.9 Å². The minimum absolute atomic E-state index is 0.0698. The quantitative estimate of drug-likeness (QED) is 0.230. The number of phenolic OH excluding ortho intramolecular Hbond substituents is 1. The molecular weight excluding hydrogens is 544 g/mol. The monoisotopic (exact) mass is 574 g/mol. The largest absolute Gasteiger partial charge is 0.504 e. The van der Waals surface area contributed by atoms with E-state index in [0.717, 1.165) is 51.0 Å². The first kappa shape index (κ1) is 25.7. The summed E-state index contributed by atoms with van der Waals surface area (Å²) in [5.74, 6) is 4.54. The summed E-state index contributed by atoms with van der Waals surface area (Å²) in [7, 11) is 5.29. The molecule has 5 aromatic rings. The molecule has 0 saturated carbocycles. The van der Waals surface area contributed by atoms with Gasteiger partial charge in [-0.1, -0.05) is 18.2 Å². The highest BCUT2D eigenvalue weighted by atomic mass is 16.6. The highest BCUT2D eigenvalue weighted by Crippen LogP contribution is 2.59. The van der Waals surface area contributed by atoms with Crippen LogP contribution in [-0.2, 0) is 19.3 Å². The maximum Gasteiger partial charge on any atom is 0.216 e. The predicted molar refractivity (Wildman–Crippen MR) is 162 cm³/mol. The van der Waals surface area contributed by atoms with E-state index in [0.29, 0.717) is 53.8 Å². The van der Waals surface area contributed by atoms with Crippen LogP contribution in [0.25, 0.3) is 10.8 Å². The number of ether oxygens (including phenoxy) is 5. The second kappa shape index (κ2) is 9.81. The average Bonchev–Trinajstić information content (AvgIpc) is 3.01. The molecule has 0 unspecified atom stereocenters. The maximum atomic E-state index is 11.4. The molecule has 4 aromatic carbocycles. The highest BCUT2D eigenvalue weighted by Gasteiger charge is 2.38. The fourth-order valence-corrected chi connectivity index (χ4v) is 6.55. The highest BCUT2D eigenvalue weighted by molar-refractivity contribution is 5.89. The summed E-state index contributed by atoms with van der Waals surface area (Å²) in [5.41, 5.74) is 4.81. The fraction of sp³-hybridized carbons (Fsp3) is 0.229. The number of phenols is 1. The van der Waals surface area contributed by atoms with E-state index in [1.54, 1.807) is 20.4 Å². The van der Waals surface area contributed by atoms with Gasteiger partial charge in [0, 0.05) is 41.7 Å². The Labute approximate surface area is 249 Å². The van der Waals surface area contributed by atoms with Gasteiger partial charge in [0.05, 0.1) is 19.9 Å². The molecule has 43 heavy (non-hydrogen) atoms. The minimum Gasteiger partial charge on any atom is -0.504 e. The summed E-state index contributed by atoms with van der Waals surface area (Å²) in [6, 6.07) is 19.9. The van der Waals surface area contributed by atoms with Gasteiger partial charge in [-0.25, -0.2) is 0 Å². The normalized spacial score (nSPS) is 16.7. The predicted octanol–water partition coefficient (Wildman–Crippen LogP) is 7.32. The van der Waals surface area contributed by atoms with E-state index in [9.17, 15) is 5.11 Å². The summed E-state index contributed by atoms with van der Waals surface area (Å²) in [6.45, 7) is 0.779. The van der Waals surface area contributed by atoms with Crippen LogP contribution < -0.4 is 23.7 Å². The van der Waals surface area contributed by atoms with Gasteiger partial charge in [-0.15, -0.1) is 0 Å². The Morgan fingerprint density at radius 3 is 2.47 bits per heavy atom. The SMILES string of the molecule is COc1ccc2cc1Oc1ccc(cc1)C[C@H]1c3c(c(O)c(OC)c4c3Oc3cc5c(nccc5cc3O4)C2)CCN1C. The fourth-order valence-electron chi connectivity index (χ4n) is 6.55. The Morgan fingerprint density at radius 2 is 1.65 bits per heavy atom. The first-order valence-corrected chi connectivity index (χ1v) is 14.4. The molecule has 0 spiro atoms. The number of rotatable bonds is 2. The van der Waals surface area contributed by atoms with Crippen molar-refractivity contribution in [1.29, 1.82) is 0 Å². The zero-order chi connectivity index (χ0) is 29.2. The molecule has 1 aromatic heterocycles. The number of methoxy groups -OCH3 is 2. The number of aromatic hydroxyl groups is 1. The number of aromatic nitrogens is 1. The Bertz CT molecular complexity index is 1920. The number of likely N-dealkylation sites (N-methyl/N-ethyl adjacent to an activating group) is 1. The van der Waals surface area contributed by atoms with Crippen LogP contribution in [-0.4, -0.2) is 42.8 Å². The van der Waals surface area contributed by atoms with Crippen LogP contribution in [0, 0.1) is 0 Å². The Balaban J connectivity index is 1.37. The number of nitrogens with zero attached hydrogens (tertiary/aromatic N) is 2. The molecule has 4 aliphatic heterocycles. The lowest BCUT2D eigenvalue weighted by Gasteiger charge is -2.38. The lowest BCUT2D eigenvalue weighted by molar-refractivity contribution is 0.216. The minimum atomic E-state index is -0.0698. The molecule has 0 aliphatic carbocycles. The number of hydrogen-bond acceptors (Lipinski definition) is 8. The molecule has 0 amide bonds. The van der Waals surface area contributed by atoms with Gasteiger partial charge in [0.15, 0.2) is 34.5 Å². The van der Waals surface area contributed by atoms with Crippen molar-refractivity contribution >= 4 is 10.8 Å². The van der Waals surface area contributed by atoms with Crippen molar-refractivity contribution in [2.24, 2.45) is 0 Å². The molecule has 0 fully saturated rings. The van der Waals surface area contributed by atoms with Crippen molar-refractivity contribution < 1.29 is 28.8 Å². The topological polar surface area (TPSA) is 82.5 Å². The standard InChI is InChI=1S/C35H30N2O6/c1-37-13-11-23-31-26(37)15-19-4-7-22(8-5-19)41-28-16-20(6-9-27(28)39-2)14-25-24-18-30-29(17-21(24)10-12-36-25)43-35(33(31)42-30)34(40-3)32(23)38/h4-10,12,16-18,26,38H,11,13-15H2,1-3H3/t26-/m0/s1. The number of hydrogen-bond donors (Lipinski definition) is 1. The zero-order valence-electron chi connectivity index (χ0n) is 24.1. The van der Waals surface area contributed by atoms with Gasteiger partial charge in [-0.3, -0.25) is 9.88 Å². The zero-order valence-corrected chi connectivity index (χ0v) is 24.1. The van der Waals surface area contributed by atoms with Crippen molar-refractivity contribution in [2.45, 2.75) is 25.3 Å². The molecule has 1 N–H and O–H groups in total. The van der Waals surface area contributed by atoms with Crippen molar-refractivity contribution in [2.75, 3.05) is 27.8 Å². The molecule has 0 saturated heterocycles. The smallest absolute Gasteiger partial charge is 0.216 e. The summed E-state index contributed by atoms with van der Waals surface area (Å²) in [5, 5.41) is 13.4. The van der Waals surface area contributed by atoms with Crippen molar-refractivity contribution in [3.05, 3.63) is 94.8 Å². The van der Waals surface area contributed by atoms with Crippen molar-refractivity contribution in [3.63, 3.8) is 0 Å².